The summed E-state index contributed by atoms with van der Waals surface area (Å²) in [5.74, 6) is 0. The molecule has 2 N–H and O–H groups in total. The van der Waals surface area contributed by atoms with E-state index in [1.165, 1.54) is 0 Å². The summed E-state index contributed by atoms with van der Waals surface area (Å²) in [7, 11) is 0. The number of aliphatic hydroxyl groups is 1. The highest BCUT2D eigenvalue weighted by Crippen LogP contribution is 1.94. The highest BCUT2D eigenvalue weighted by Gasteiger charge is 2.00. The summed E-state index contributed by atoms with van der Waals surface area (Å²) in [4.78, 5) is 0. The monoisotopic (exact) mass is 183 g/mol. The average molecular weight is 183 g/mol. The van der Waals surface area contributed by atoms with Gasteiger partial charge in [-0.2, -0.15) is 5.10 Å². The fourth-order valence-corrected chi connectivity index (χ4v) is 1.17. The zero-order chi connectivity index (χ0) is 9.52. The van der Waals surface area contributed by atoms with Crippen LogP contribution in [0.25, 0.3) is 0 Å². The van der Waals surface area contributed by atoms with E-state index in [4.69, 9.17) is 5.11 Å². The molecule has 0 bridgehead atoms. The molecule has 0 radical (unpaired) electrons. The molecule has 0 aliphatic heterocycles. The molecule has 1 aromatic heterocycles. The molecule has 1 rings (SSSR count). The lowest BCUT2D eigenvalue weighted by atomic mass is 10.2. The van der Waals surface area contributed by atoms with Crippen LogP contribution in [0.2, 0.25) is 0 Å². The fraction of sp³-hybridized carbons (Fsp3) is 0.667. The molecule has 1 atom stereocenters. The van der Waals surface area contributed by atoms with E-state index < -0.39 is 0 Å². The zero-order valence-corrected chi connectivity index (χ0v) is 7.98. The van der Waals surface area contributed by atoms with Gasteiger partial charge in [-0.25, -0.2) is 0 Å². The van der Waals surface area contributed by atoms with E-state index in [9.17, 15) is 0 Å². The van der Waals surface area contributed by atoms with Crippen LogP contribution in [0.1, 0.15) is 13.3 Å². The summed E-state index contributed by atoms with van der Waals surface area (Å²) in [6, 6.07) is 2.35. The van der Waals surface area contributed by atoms with Gasteiger partial charge in [-0.15, -0.1) is 0 Å². The van der Waals surface area contributed by atoms with Gasteiger partial charge in [-0.3, -0.25) is 4.68 Å². The van der Waals surface area contributed by atoms with Gasteiger partial charge >= 0.3 is 0 Å². The molecule has 1 unspecified atom stereocenters. The molecule has 74 valence electrons. The van der Waals surface area contributed by atoms with Crippen molar-refractivity contribution in [3.8, 4) is 0 Å². The third-order valence-electron chi connectivity index (χ3n) is 1.96. The Morgan fingerprint density at radius 3 is 3.08 bits per heavy atom. The van der Waals surface area contributed by atoms with Crippen molar-refractivity contribution in [3.05, 3.63) is 18.5 Å². The summed E-state index contributed by atoms with van der Waals surface area (Å²) < 4.78 is 1.91. The third-order valence-corrected chi connectivity index (χ3v) is 1.96. The van der Waals surface area contributed by atoms with Crippen molar-refractivity contribution in [3.63, 3.8) is 0 Å². The van der Waals surface area contributed by atoms with Gasteiger partial charge in [-0.1, -0.05) is 0 Å². The predicted molar refractivity (Wildman–Crippen MR) is 51.4 cm³/mol. The normalized spacial score (nSPS) is 13.1. The minimum Gasteiger partial charge on any atom is -0.395 e. The van der Waals surface area contributed by atoms with Crippen LogP contribution >= 0.6 is 0 Å². The van der Waals surface area contributed by atoms with E-state index in [0.717, 1.165) is 13.0 Å². The standard InChI is InChI=1S/C9H17N3O/c1-9(10-5-8-13)3-7-12-6-2-4-11-12/h2,4,6,9-10,13H,3,5,7-8H2,1H3. The van der Waals surface area contributed by atoms with Crippen LogP contribution in [0, 0.1) is 0 Å². The molecular formula is C9H17N3O. The molecule has 0 saturated carbocycles. The summed E-state index contributed by atoms with van der Waals surface area (Å²) in [6.07, 6.45) is 4.77. The number of rotatable bonds is 6. The smallest absolute Gasteiger partial charge is 0.0556 e. The van der Waals surface area contributed by atoms with E-state index in [1.807, 2.05) is 16.9 Å². The molecule has 0 spiro atoms. The lowest BCUT2D eigenvalue weighted by Crippen LogP contribution is -2.29. The first-order valence-corrected chi connectivity index (χ1v) is 4.64. The van der Waals surface area contributed by atoms with Crippen LogP contribution in [0.15, 0.2) is 18.5 Å². The Morgan fingerprint density at radius 2 is 2.46 bits per heavy atom. The number of aromatic nitrogens is 2. The number of hydrogen-bond donors (Lipinski definition) is 2. The maximum Gasteiger partial charge on any atom is 0.0556 e. The second-order valence-corrected chi connectivity index (χ2v) is 3.14. The van der Waals surface area contributed by atoms with Crippen molar-refractivity contribution in [2.75, 3.05) is 13.2 Å². The van der Waals surface area contributed by atoms with Crippen molar-refractivity contribution < 1.29 is 5.11 Å². The lowest BCUT2D eigenvalue weighted by Gasteiger charge is -2.12. The lowest BCUT2D eigenvalue weighted by molar-refractivity contribution is 0.282. The Bertz CT molecular complexity index is 211. The Morgan fingerprint density at radius 1 is 1.62 bits per heavy atom. The van der Waals surface area contributed by atoms with Gasteiger partial charge in [0.2, 0.25) is 0 Å². The van der Waals surface area contributed by atoms with Crippen LogP contribution in [0.5, 0.6) is 0 Å². The van der Waals surface area contributed by atoms with Crippen molar-refractivity contribution >= 4 is 0 Å². The van der Waals surface area contributed by atoms with E-state index >= 15 is 0 Å². The van der Waals surface area contributed by atoms with Crippen molar-refractivity contribution in [1.29, 1.82) is 0 Å². The van der Waals surface area contributed by atoms with Gasteiger partial charge in [0, 0.05) is 31.5 Å². The maximum atomic E-state index is 8.59. The molecule has 0 amide bonds. The van der Waals surface area contributed by atoms with Crippen molar-refractivity contribution in [1.82, 2.24) is 15.1 Å². The molecule has 1 aromatic rings. The van der Waals surface area contributed by atoms with E-state index in [1.54, 1.807) is 6.20 Å². The Labute approximate surface area is 78.6 Å². The van der Waals surface area contributed by atoms with Crippen molar-refractivity contribution in [2.45, 2.75) is 25.9 Å². The molecule has 0 aromatic carbocycles. The minimum absolute atomic E-state index is 0.201. The largest absolute Gasteiger partial charge is 0.395 e. The summed E-state index contributed by atoms with van der Waals surface area (Å²) in [5.41, 5.74) is 0. The second-order valence-electron chi connectivity index (χ2n) is 3.14. The number of aliphatic hydroxyl groups excluding tert-OH is 1. The Kier molecular flexibility index (Phi) is 4.49. The van der Waals surface area contributed by atoms with Crippen molar-refractivity contribution in [2.24, 2.45) is 0 Å². The molecular weight excluding hydrogens is 166 g/mol. The third kappa shape index (κ3) is 4.05. The number of nitrogens with one attached hydrogen (secondary N) is 1. The first-order chi connectivity index (χ1) is 6.33. The van der Waals surface area contributed by atoms with E-state index in [2.05, 4.69) is 17.3 Å². The molecule has 0 fully saturated rings. The fourth-order valence-electron chi connectivity index (χ4n) is 1.17. The van der Waals surface area contributed by atoms with E-state index in [-0.39, 0.29) is 6.61 Å². The number of hydrogen-bond acceptors (Lipinski definition) is 3. The highest BCUT2D eigenvalue weighted by atomic mass is 16.3. The number of aryl methyl sites for hydroxylation is 1. The van der Waals surface area contributed by atoms with Gasteiger partial charge in [0.15, 0.2) is 0 Å². The molecule has 0 aliphatic rings. The zero-order valence-electron chi connectivity index (χ0n) is 7.98. The maximum absolute atomic E-state index is 8.59. The van der Waals surface area contributed by atoms with Gasteiger partial charge in [-0.05, 0) is 19.4 Å². The minimum atomic E-state index is 0.201. The van der Waals surface area contributed by atoms with Gasteiger partial charge in [0.05, 0.1) is 6.61 Å². The quantitative estimate of drug-likeness (QED) is 0.664. The molecule has 1 heterocycles. The van der Waals surface area contributed by atoms with E-state index in [0.29, 0.717) is 12.6 Å². The van der Waals surface area contributed by atoms with Gasteiger partial charge in [0.1, 0.15) is 0 Å². The van der Waals surface area contributed by atoms with Crippen LogP contribution in [0.4, 0.5) is 0 Å². The first kappa shape index (κ1) is 10.2. The summed E-state index contributed by atoms with van der Waals surface area (Å²) >= 11 is 0. The Balaban J connectivity index is 2.11. The molecule has 4 nitrogen and oxygen atoms in total. The molecule has 13 heavy (non-hydrogen) atoms. The summed E-state index contributed by atoms with van der Waals surface area (Å²) in [6.45, 7) is 3.90. The topological polar surface area (TPSA) is 50.1 Å². The Hall–Kier alpha value is -0.870. The average Bonchev–Trinajstić information content (AvgIpc) is 2.64. The first-order valence-electron chi connectivity index (χ1n) is 4.64. The SMILES string of the molecule is CC(CCn1cccn1)NCCO. The van der Waals surface area contributed by atoms with Crippen LogP contribution in [-0.2, 0) is 6.54 Å². The summed E-state index contributed by atoms with van der Waals surface area (Å²) in [5, 5.41) is 15.9. The van der Waals surface area contributed by atoms with Crippen LogP contribution < -0.4 is 5.32 Å². The highest BCUT2D eigenvalue weighted by molar-refractivity contribution is 4.78. The van der Waals surface area contributed by atoms with Crippen LogP contribution in [-0.4, -0.2) is 34.1 Å². The molecule has 4 heteroatoms. The van der Waals surface area contributed by atoms with Gasteiger partial charge in [0.25, 0.3) is 0 Å². The predicted octanol–water partition coefficient (Wildman–Crippen LogP) is 0.244. The number of nitrogens with zero attached hydrogens (tertiary/aromatic N) is 2. The second kappa shape index (κ2) is 5.72. The van der Waals surface area contributed by atoms with Crippen LogP contribution in [0.3, 0.4) is 0 Å². The van der Waals surface area contributed by atoms with Gasteiger partial charge < -0.3 is 10.4 Å². The molecule has 0 aliphatic carbocycles. The molecule has 0 saturated heterocycles.